The average Bonchev–Trinajstić information content (AvgIpc) is 2.21. The molecule has 0 N–H and O–H groups in total. The molecule has 0 spiro atoms. The Morgan fingerprint density at radius 1 is 1.47 bits per heavy atom. The Bertz CT molecular complexity index is 500. The van der Waals surface area contributed by atoms with Crippen molar-refractivity contribution in [2.45, 2.75) is 32.1 Å². The van der Waals surface area contributed by atoms with Gasteiger partial charge < -0.3 is 0 Å². The predicted octanol–water partition coefficient (Wildman–Crippen LogP) is 3.47. The van der Waals surface area contributed by atoms with Crippen molar-refractivity contribution >= 4 is 5.69 Å². The average molecular weight is 245 g/mol. The molecule has 0 saturated carbocycles. The highest BCUT2D eigenvalue weighted by atomic mass is 19.3. The SMILES string of the molecule is Cc1c(F)cc([N+](=O)[O-])c2c1C(F)(F)CCC2. The van der Waals surface area contributed by atoms with Gasteiger partial charge in [0.2, 0.25) is 0 Å². The van der Waals surface area contributed by atoms with E-state index in [9.17, 15) is 23.3 Å². The number of nitro groups is 1. The number of halogens is 3. The van der Waals surface area contributed by atoms with Crippen LogP contribution in [0.2, 0.25) is 0 Å². The molecule has 0 aliphatic heterocycles. The molecule has 0 amide bonds. The minimum absolute atomic E-state index is 0.0230. The van der Waals surface area contributed by atoms with Gasteiger partial charge in [0.25, 0.3) is 11.6 Å². The first kappa shape index (κ1) is 11.9. The van der Waals surface area contributed by atoms with E-state index >= 15 is 0 Å². The molecular weight excluding hydrogens is 235 g/mol. The molecule has 0 aromatic heterocycles. The minimum Gasteiger partial charge on any atom is -0.258 e. The van der Waals surface area contributed by atoms with Crippen molar-refractivity contribution in [2.24, 2.45) is 0 Å². The number of hydrogen-bond donors (Lipinski definition) is 0. The van der Waals surface area contributed by atoms with Crippen LogP contribution in [-0.4, -0.2) is 4.92 Å². The smallest absolute Gasteiger partial charge is 0.258 e. The predicted molar refractivity (Wildman–Crippen MR) is 54.6 cm³/mol. The van der Waals surface area contributed by atoms with Gasteiger partial charge in [-0.2, -0.15) is 0 Å². The molecule has 1 aliphatic rings. The molecule has 0 radical (unpaired) electrons. The van der Waals surface area contributed by atoms with Crippen LogP contribution in [0.4, 0.5) is 18.9 Å². The molecule has 3 nitrogen and oxygen atoms in total. The molecule has 6 heteroatoms. The Morgan fingerprint density at radius 3 is 2.71 bits per heavy atom. The molecule has 0 heterocycles. The van der Waals surface area contributed by atoms with Crippen LogP contribution in [0, 0.1) is 22.9 Å². The second kappa shape index (κ2) is 3.72. The van der Waals surface area contributed by atoms with E-state index in [4.69, 9.17) is 0 Å². The standard InChI is InChI=1S/C11H10F3NO2/c1-6-8(12)5-9(15(16)17)7-3-2-4-11(13,14)10(6)7/h5H,2-4H2,1H3. The molecule has 2 rings (SSSR count). The van der Waals surface area contributed by atoms with E-state index in [0.717, 1.165) is 6.07 Å². The van der Waals surface area contributed by atoms with Gasteiger partial charge >= 0.3 is 0 Å². The zero-order valence-corrected chi connectivity index (χ0v) is 9.10. The number of rotatable bonds is 1. The minimum atomic E-state index is -3.18. The maximum absolute atomic E-state index is 13.7. The van der Waals surface area contributed by atoms with Crippen LogP contribution in [-0.2, 0) is 12.3 Å². The molecule has 1 aromatic carbocycles. The zero-order chi connectivity index (χ0) is 12.8. The molecule has 0 atom stereocenters. The second-order valence-corrected chi connectivity index (χ2v) is 4.17. The third kappa shape index (κ3) is 1.77. The summed E-state index contributed by atoms with van der Waals surface area (Å²) in [5.41, 5.74) is -1.24. The lowest BCUT2D eigenvalue weighted by molar-refractivity contribution is -0.386. The van der Waals surface area contributed by atoms with Crippen molar-refractivity contribution in [1.82, 2.24) is 0 Å². The summed E-state index contributed by atoms with van der Waals surface area (Å²) in [6.07, 6.45) is -0.0181. The van der Waals surface area contributed by atoms with E-state index < -0.39 is 27.9 Å². The summed E-state index contributed by atoms with van der Waals surface area (Å²) in [4.78, 5) is 9.94. The van der Waals surface area contributed by atoms with E-state index in [1.165, 1.54) is 6.92 Å². The fourth-order valence-electron chi connectivity index (χ4n) is 2.31. The van der Waals surface area contributed by atoms with Crippen LogP contribution in [0.1, 0.15) is 29.5 Å². The van der Waals surface area contributed by atoms with Crippen molar-refractivity contribution < 1.29 is 18.1 Å². The number of alkyl halides is 2. The number of benzene rings is 1. The van der Waals surface area contributed by atoms with Crippen LogP contribution in [0.15, 0.2) is 6.07 Å². The maximum atomic E-state index is 13.7. The number of nitrogens with zero attached hydrogens (tertiary/aromatic N) is 1. The molecular formula is C11H10F3NO2. The summed E-state index contributed by atoms with van der Waals surface area (Å²) in [6.45, 7) is 1.23. The summed E-state index contributed by atoms with van der Waals surface area (Å²) < 4.78 is 40.8. The van der Waals surface area contributed by atoms with Gasteiger partial charge in [-0.05, 0) is 25.3 Å². The number of hydrogen-bond acceptors (Lipinski definition) is 2. The van der Waals surface area contributed by atoms with Gasteiger partial charge in [0.1, 0.15) is 5.82 Å². The molecule has 17 heavy (non-hydrogen) atoms. The second-order valence-electron chi connectivity index (χ2n) is 4.17. The summed E-state index contributed by atoms with van der Waals surface area (Å²) in [6, 6.07) is 0.732. The van der Waals surface area contributed by atoms with Crippen molar-refractivity contribution in [3.8, 4) is 0 Å². The van der Waals surface area contributed by atoms with Gasteiger partial charge in [0.05, 0.1) is 11.0 Å². The Kier molecular flexibility index (Phi) is 2.60. The van der Waals surface area contributed by atoms with E-state index in [-0.39, 0.29) is 30.4 Å². The summed E-state index contributed by atoms with van der Waals surface area (Å²) in [7, 11) is 0. The van der Waals surface area contributed by atoms with Crippen molar-refractivity contribution in [3.63, 3.8) is 0 Å². The number of fused-ring (bicyclic) bond motifs is 1. The third-order valence-corrected chi connectivity index (χ3v) is 3.09. The molecule has 0 fully saturated rings. The highest BCUT2D eigenvalue weighted by molar-refractivity contribution is 5.52. The quantitative estimate of drug-likeness (QED) is 0.561. The van der Waals surface area contributed by atoms with E-state index in [1.807, 2.05) is 0 Å². The van der Waals surface area contributed by atoms with Crippen LogP contribution >= 0.6 is 0 Å². The van der Waals surface area contributed by atoms with E-state index in [0.29, 0.717) is 0 Å². The first-order valence-corrected chi connectivity index (χ1v) is 5.19. The first-order valence-electron chi connectivity index (χ1n) is 5.19. The number of nitro benzene ring substituents is 1. The van der Waals surface area contributed by atoms with Crippen molar-refractivity contribution in [3.05, 3.63) is 38.7 Å². The third-order valence-electron chi connectivity index (χ3n) is 3.09. The van der Waals surface area contributed by atoms with Gasteiger partial charge in [0, 0.05) is 17.5 Å². The summed E-state index contributed by atoms with van der Waals surface area (Å²) in [5.74, 6) is -4.12. The molecule has 92 valence electrons. The fourth-order valence-corrected chi connectivity index (χ4v) is 2.31. The zero-order valence-electron chi connectivity index (χ0n) is 9.10. The lowest BCUT2D eigenvalue weighted by Gasteiger charge is -2.26. The first-order chi connectivity index (χ1) is 7.84. The highest BCUT2D eigenvalue weighted by Gasteiger charge is 2.42. The van der Waals surface area contributed by atoms with Crippen LogP contribution in [0.5, 0.6) is 0 Å². The topological polar surface area (TPSA) is 43.1 Å². The molecule has 0 unspecified atom stereocenters. The van der Waals surface area contributed by atoms with E-state index in [1.54, 1.807) is 0 Å². The van der Waals surface area contributed by atoms with Crippen LogP contribution < -0.4 is 0 Å². The molecule has 1 aliphatic carbocycles. The van der Waals surface area contributed by atoms with Gasteiger partial charge in [0.15, 0.2) is 0 Å². The summed E-state index contributed by atoms with van der Waals surface area (Å²) >= 11 is 0. The monoisotopic (exact) mass is 245 g/mol. The van der Waals surface area contributed by atoms with Crippen molar-refractivity contribution in [1.29, 1.82) is 0 Å². The van der Waals surface area contributed by atoms with Crippen LogP contribution in [0.3, 0.4) is 0 Å². The molecule has 1 aromatic rings. The lowest BCUT2D eigenvalue weighted by atomic mass is 9.84. The van der Waals surface area contributed by atoms with E-state index in [2.05, 4.69) is 0 Å². The lowest BCUT2D eigenvalue weighted by Crippen LogP contribution is -2.24. The Balaban J connectivity index is 2.79. The largest absolute Gasteiger partial charge is 0.276 e. The fraction of sp³-hybridized carbons (Fsp3) is 0.455. The van der Waals surface area contributed by atoms with Crippen LogP contribution in [0.25, 0.3) is 0 Å². The Morgan fingerprint density at radius 2 is 2.12 bits per heavy atom. The van der Waals surface area contributed by atoms with Gasteiger partial charge in [-0.25, -0.2) is 13.2 Å². The van der Waals surface area contributed by atoms with Gasteiger partial charge in [-0.3, -0.25) is 10.1 Å². The van der Waals surface area contributed by atoms with Crippen molar-refractivity contribution in [2.75, 3.05) is 0 Å². The summed E-state index contributed by atoms with van der Waals surface area (Å²) in [5, 5.41) is 10.7. The Labute approximate surface area is 95.4 Å². The van der Waals surface area contributed by atoms with Gasteiger partial charge in [-0.15, -0.1) is 0 Å². The maximum Gasteiger partial charge on any atom is 0.276 e. The Hall–Kier alpha value is -1.59. The molecule has 0 saturated heterocycles. The highest BCUT2D eigenvalue weighted by Crippen LogP contribution is 2.45. The normalized spacial score (nSPS) is 17.6. The molecule has 0 bridgehead atoms. The van der Waals surface area contributed by atoms with Gasteiger partial charge in [-0.1, -0.05) is 0 Å².